The molecule has 2 heterocycles. The Morgan fingerprint density at radius 2 is 2.15 bits per heavy atom. The molecule has 1 aromatic rings. The number of phenolic OH excluding ortho intramolecular Hbond substituents is 1. The van der Waals surface area contributed by atoms with Crippen LogP contribution in [-0.2, 0) is 10.0 Å². The number of nitrogens with zero attached hydrogens (tertiary/aromatic N) is 3. The standard InChI is InChI=1S/C16H22ClN5O3S/c1-2-19-15(22-11-16(10-20-22)3-5-18-6-4-16)21-26(24,25)14-8-12(17)7-13(23)9-14/h7-10,18,23H,2-6,11H2,1H3,(H,19,21). The predicted molar refractivity (Wildman–Crippen MR) is 101 cm³/mol. The molecule has 10 heteroatoms. The third kappa shape index (κ3) is 4.11. The van der Waals surface area contributed by atoms with Crippen LogP contribution in [0.2, 0.25) is 5.02 Å². The van der Waals surface area contributed by atoms with Crippen LogP contribution < -0.4 is 10.0 Å². The third-order valence-electron chi connectivity index (χ3n) is 4.48. The first-order valence-electron chi connectivity index (χ1n) is 8.44. The highest BCUT2D eigenvalue weighted by atomic mass is 35.5. The summed E-state index contributed by atoms with van der Waals surface area (Å²) in [7, 11) is -3.96. The van der Waals surface area contributed by atoms with Crippen LogP contribution in [0.5, 0.6) is 5.75 Å². The van der Waals surface area contributed by atoms with Crippen LogP contribution in [-0.4, -0.2) is 56.9 Å². The van der Waals surface area contributed by atoms with E-state index in [4.69, 9.17) is 11.6 Å². The van der Waals surface area contributed by atoms with E-state index in [-0.39, 0.29) is 27.0 Å². The van der Waals surface area contributed by atoms with Gasteiger partial charge in [0.05, 0.1) is 11.4 Å². The van der Waals surface area contributed by atoms with Gasteiger partial charge in [0.25, 0.3) is 10.0 Å². The minimum absolute atomic E-state index is 0.0560. The lowest BCUT2D eigenvalue weighted by Crippen LogP contribution is -2.45. The van der Waals surface area contributed by atoms with Crippen molar-refractivity contribution in [2.45, 2.75) is 24.7 Å². The summed E-state index contributed by atoms with van der Waals surface area (Å²) in [5, 5.41) is 19.1. The van der Waals surface area contributed by atoms with Gasteiger partial charge in [-0.25, -0.2) is 18.1 Å². The normalized spacial score (nSPS) is 19.9. The van der Waals surface area contributed by atoms with E-state index in [1.165, 1.54) is 12.1 Å². The summed E-state index contributed by atoms with van der Waals surface area (Å²) in [5.74, 6) is -0.0571. The third-order valence-corrected chi connectivity index (χ3v) is 6.01. The molecule has 3 rings (SSSR count). The molecule has 0 amide bonds. The van der Waals surface area contributed by atoms with Crippen molar-refractivity contribution in [3.05, 3.63) is 23.2 Å². The molecule has 0 radical (unpaired) electrons. The Morgan fingerprint density at radius 1 is 1.42 bits per heavy atom. The second-order valence-electron chi connectivity index (χ2n) is 6.46. The van der Waals surface area contributed by atoms with Crippen molar-refractivity contribution in [3.8, 4) is 5.75 Å². The Balaban J connectivity index is 1.81. The molecule has 142 valence electrons. The molecule has 1 fully saturated rings. The number of nitrogens with one attached hydrogen (secondary N) is 2. The highest BCUT2D eigenvalue weighted by Gasteiger charge is 2.38. The summed E-state index contributed by atoms with van der Waals surface area (Å²) < 4.78 is 27.9. The first-order valence-corrected chi connectivity index (χ1v) is 10.3. The molecular formula is C16H22ClN5O3S. The number of hydrogen-bond acceptors (Lipinski definition) is 6. The fraction of sp³-hybridized carbons (Fsp3) is 0.500. The van der Waals surface area contributed by atoms with E-state index in [0.717, 1.165) is 32.0 Å². The van der Waals surface area contributed by atoms with Gasteiger partial charge in [-0.05, 0) is 45.0 Å². The van der Waals surface area contributed by atoms with Crippen molar-refractivity contribution in [1.82, 2.24) is 15.0 Å². The molecule has 0 bridgehead atoms. The Labute approximate surface area is 158 Å². The SMILES string of the molecule is CCN=C(NS(=O)(=O)c1cc(O)cc(Cl)c1)N1CC2(C=N1)CCNCC2. The van der Waals surface area contributed by atoms with E-state index < -0.39 is 10.0 Å². The van der Waals surface area contributed by atoms with Gasteiger partial charge in [-0.15, -0.1) is 0 Å². The minimum Gasteiger partial charge on any atom is -0.508 e. The highest BCUT2D eigenvalue weighted by Crippen LogP contribution is 2.32. The minimum atomic E-state index is -3.96. The lowest BCUT2D eigenvalue weighted by molar-refractivity contribution is 0.265. The lowest BCUT2D eigenvalue weighted by atomic mass is 9.81. The van der Waals surface area contributed by atoms with Crippen LogP contribution in [0.1, 0.15) is 19.8 Å². The Hall–Kier alpha value is -1.84. The van der Waals surface area contributed by atoms with Crippen LogP contribution in [0.25, 0.3) is 0 Å². The molecule has 2 aliphatic rings. The number of rotatable bonds is 3. The number of aliphatic imine (C=N–C) groups is 1. The maximum Gasteiger partial charge on any atom is 0.264 e. The van der Waals surface area contributed by atoms with Crippen molar-refractivity contribution in [3.63, 3.8) is 0 Å². The number of hydrogen-bond donors (Lipinski definition) is 3. The fourth-order valence-electron chi connectivity index (χ4n) is 3.11. The first-order chi connectivity index (χ1) is 12.3. The monoisotopic (exact) mass is 399 g/mol. The quantitative estimate of drug-likeness (QED) is 0.525. The highest BCUT2D eigenvalue weighted by molar-refractivity contribution is 7.90. The molecule has 1 saturated heterocycles. The summed E-state index contributed by atoms with van der Waals surface area (Å²) in [6, 6.07) is 3.68. The summed E-state index contributed by atoms with van der Waals surface area (Å²) in [6.07, 6.45) is 3.79. The zero-order valence-electron chi connectivity index (χ0n) is 14.4. The average Bonchev–Trinajstić information content (AvgIpc) is 2.97. The van der Waals surface area contributed by atoms with Gasteiger partial charge in [0, 0.05) is 29.3 Å². The number of hydrazone groups is 1. The van der Waals surface area contributed by atoms with E-state index in [0.29, 0.717) is 13.1 Å². The maximum atomic E-state index is 12.7. The number of aromatic hydroxyl groups is 1. The zero-order chi connectivity index (χ0) is 18.8. The molecule has 1 aromatic carbocycles. The van der Waals surface area contributed by atoms with E-state index in [2.05, 4.69) is 20.1 Å². The Kier molecular flexibility index (Phi) is 5.40. The first kappa shape index (κ1) is 18.9. The molecule has 1 spiro atoms. The van der Waals surface area contributed by atoms with Crippen LogP contribution >= 0.6 is 11.6 Å². The van der Waals surface area contributed by atoms with Crippen molar-refractivity contribution in [1.29, 1.82) is 0 Å². The van der Waals surface area contributed by atoms with E-state index in [1.807, 2.05) is 13.1 Å². The second-order valence-corrected chi connectivity index (χ2v) is 8.58. The maximum absolute atomic E-state index is 12.7. The molecule has 0 aliphatic carbocycles. The molecule has 0 unspecified atom stereocenters. The number of piperidine rings is 1. The van der Waals surface area contributed by atoms with Crippen molar-refractivity contribution < 1.29 is 13.5 Å². The molecule has 8 nitrogen and oxygen atoms in total. The summed E-state index contributed by atoms with van der Waals surface area (Å²) in [6.45, 7) is 4.62. The molecule has 0 atom stereocenters. The van der Waals surface area contributed by atoms with Crippen molar-refractivity contribution in [2.24, 2.45) is 15.5 Å². The van der Waals surface area contributed by atoms with Gasteiger partial charge < -0.3 is 10.4 Å². The predicted octanol–water partition coefficient (Wildman–Crippen LogP) is 1.37. The topological polar surface area (TPSA) is 106 Å². The van der Waals surface area contributed by atoms with Crippen molar-refractivity contribution in [2.75, 3.05) is 26.2 Å². The number of sulfonamides is 1. The number of guanidine groups is 1. The molecule has 0 saturated carbocycles. The van der Waals surface area contributed by atoms with E-state index in [9.17, 15) is 13.5 Å². The number of halogens is 1. The van der Waals surface area contributed by atoms with Crippen LogP contribution in [0.3, 0.4) is 0 Å². The molecule has 26 heavy (non-hydrogen) atoms. The molecule has 3 N–H and O–H groups in total. The van der Waals surface area contributed by atoms with Gasteiger partial charge in [-0.2, -0.15) is 5.10 Å². The van der Waals surface area contributed by atoms with Gasteiger partial charge in [-0.1, -0.05) is 11.6 Å². The van der Waals surface area contributed by atoms with Gasteiger partial charge in [0.15, 0.2) is 0 Å². The smallest absolute Gasteiger partial charge is 0.264 e. The summed E-state index contributed by atoms with van der Waals surface area (Å²) in [4.78, 5) is 4.13. The second kappa shape index (κ2) is 7.42. The summed E-state index contributed by atoms with van der Waals surface area (Å²) in [5.41, 5.74) is -0.0560. The molecule has 0 aromatic heterocycles. The summed E-state index contributed by atoms with van der Waals surface area (Å²) >= 11 is 5.86. The van der Waals surface area contributed by atoms with Crippen molar-refractivity contribution >= 4 is 33.8 Å². The largest absolute Gasteiger partial charge is 0.508 e. The van der Waals surface area contributed by atoms with Gasteiger partial charge in [-0.3, -0.25) is 4.99 Å². The van der Waals surface area contributed by atoms with Crippen LogP contribution in [0.4, 0.5) is 0 Å². The zero-order valence-corrected chi connectivity index (χ0v) is 16.0. The van der Waals surface area contributed by atoms with Gasteiger partial charge in [0.1, 0.15) is 5.75 Å². The van der Waals surface area contributed by atoms with Crippen LogP contribution in [0, 0.1) is 5.41 Å². The lowest BCUT2D eigenvalue weighted by Gasteiger charge is -2.32. The number of phenols is 1. The fourth-order valence-corrected chi connectivity index (χ4v) is 4.49. The van der Waals surface area contributed by atoms with E-state index in [1.54, 1.807) is 5.01 Å². The van der Waals surface area contributed by atoms with Gasteiger partial charge >= 0.3 is 0 Å². The van der Waals surface area contributed by atoms with Gasteiger partial charge in [0.2, 0.25) is 5.96 Å². The molecular weight excluding hydrogens is 378 g/mol. The van der Waals surface area contributed by atoms with Crippen LogP contribution in [0.15, 0.2) is 33.2 Å². The number of benzene rings is 1. The Morgan fingerprint density at radius 3 is 2.81 bits per heavy atom. The molecule has 2 aliphatic heterocycles. The Bertz CT molecular complexity index is 814. The average molecular weight is 400 g/mol. The van der Waals surface area contributed by atoms with E-state index >= 15 is 0 Å².